The van der Waals surface area contributed by atoms with Crippen molar-refractivity contribution < 1.29 is 4.39 Å². The van der Waals surface area contributed by atoms with Crippen molar-refractivity contribution in [1.82, 2.24) is 25.5 Å². The Morgan fingerprint density at radius 2 is 2.00 bits per heavy atom. The van der Waals surface area contributed by atoms with Crippen molar-refractivity contribution >= 4 is 0 Å². The summed E-state index contributed by atoms with van der Waals surface area (Å²) >= 11 is 0. The quantitative estimate of drug-likeness (QED) is 0.879. The average molecular weight is 277 g/mol. The smallest absolute Gasteiger partial charge is 0.165 e. The number of nitrogens with one attached hydrogen (secondary N) is 1. The lowest BCUT2D eigenvalue weighted by Gasteiger charge is -2.15. The molecule has 0 amide bonds. The molecular formula is C14H20FN5. The third kappa shape index (κ3) is 3.39. The molecule has 2 aromatic rings. The first-order chi connectivity index (χ1) is 9.59. The van der Waals surface area contributed by atoms with Gasteiger partial charge in [0, 0.05) is 5.56 Å². The minimum absolute atomic E-state index is 0.234. The molecule has 0 saturated carbocycles. The number of benzene rings is 1. The second-order valence-corrected chi connectivity index (χ2v) is 5.26. The number of hydrogen-bond donors (Lipinski definition) is 1. The van der Waals surface area contributed by atoms with Crippen LogP contribution in [0.4, 0.5) is 4.39 Å². The van der Waals surface area contributed by atoms with E-state index in [9.17, 15) is 4.39 Å². The Hall–Kier alpha value is -1.82. The molecule has 0 bridgehead atoms. The molecule has 20 heavy (non-hydrogen) atoms. The van der Waals surface area contributed by atoms with Crippen LogP contribution < -0.4 is 5.32 Å². The van der Waals surface area contributed by atoms with Gasteiger partial charge in [-0.3, -0.25) is 0 Å². The Morgan fingerprint density at radius 1 is 1.25 bits per heavy atom. The molecule has 2 rings (SSSR count). The third-order valence-corrected chi connectivity index (χ3v) is 3.12. The molecule has 108 valence electrons. The molecule has 5 nitrogen and oxygen atoms in total. The summed E-state index contributed by atoms with van der Waals surface area (Å²) in [6.45, 7) is 7.63. The van der Waals surface area contributed by atoms with E-state index >= 15 is 0 Å². The fourth-order valence-electron chi connectivity index (χ4n) is 2.05. The van der Waals surface area contributed by atoms with E-state index < -0.39 is 0 Å². The van der Waals surface area contributed by atoms with Crippen molar-refractivity contribution in [3.8, 4) is 0 Å². The second-order valence-electron chi connectivity index (χ2n) is 5.26. The molecule has 0 spiro atoms. The van der Waals surface area contributed by atoms with Crippen molar-refractivity contribution in [2.24, 2.45) is 5.92 Å². The normalized spacial score (nSPS) is 12.8. The highest BCUT2D eigenvalue weighted by molar-refractivity contribution is 5.21. The average Bonchev–Trinajstić information content (AvgIpc) is 2.86. The van der Waals surface area contributed by atoms with Gasteiger partial charge >= 0.3 is 0 Å². The first-order valence-electron chi connectivity index (χ1n) is 6.81. The van der Waals surface area contributed by atoms with E-state index in [2.05, 4.69) is 34.7 Å². The van der Waals surface area contributed by atoms with Crippen LogP contribution in [0.1, 0.15) is 38.2 Å². The molecule has 0 saturated heterocycles. The van der Waals surface area contributed by atoms with Gasteiger partial charge in [-0.25, -0.2) is 9.07 Å². The van der Waals surface area contributed by atoms with Gasteiger partial charge in [-0.15, -0.1) is 5.10 Å². The zero-order valence-electron chi connectivity index (χ0n) is 12.0. The molecule has 1 aromatic carbocycles. The van der Waals surface area contributed by atoms with E-state index in [1.807, 2.05) is 13.0 Å². The monoisotopic (exact) mass is 277 g/mol. The zero-order chi connectivity index (χ0) is 14.5. The SMILES string of the molecule is CC(C)CNCc1nnnn1C(C)c1ccccc1F. The van der Waals surface area contributed by atoms with E-state index in [1.54, 1.807) is 16.8 Å². The summed E-state index contributed by atoms with van der Waals surface area (Å²) in [7, 11) is 0. The van der Waals surface area contributed by atoms with Gasteiger partial charge in [-0.1, -0.05) is 32.0 Å². The molecule has 1 aromatic heterocycles. The number of rotatable bonds is 6. The molecule has 0 radical (unpaired) electrons. The van der Waals surface area contributed by atoms with Gasteiger partial charge in [-0.05, 0) is 35.9 Å². The Balaban J connectivity index is 2.13. The summed E-state index contributed by atoms with van der Waals surface area (Å²) in [5.41, 5.74) is 0.588. The lowest BCUT2D eigenvalue weighted by atomic mass is 10.1. The highest BCUT2D eigenvalue weighted by atomic mass is 19.1. The van der Waals surface area contributed by atoms with Crippen LogP contribution in [-0.2, 0) is 6.54 Å². The number of aromatic nitrogens is 4. The molecule has 0 aliphatic heterocycles. The number of halogens is 1. The zero-order valence-corrected chi connectivity index (χ0v) is 12.0. The van der Waals surface area contributed by atoms with Crippen LogP contribution in [0.3, 0.4) is 0 Å². The minimum atomic E-state index is -0.239. The van der Waals surface area contributed by atoms with Gasteiger partial charge in [-0.2, -0.15) is 0 Å². The van der Waals surface area contributed by atoms with Gasteiger partial charge < -0.3 is 5.32 Å². The molecule has 0 fully saturated rings. The van der Waals surface area contributed by atoms with Crippen LogP contribution in [0.2, 0.25) is 0 Å². The first-order valence-corrected chi connectivity index (χ1v) is 6.81. The van der Waals surface area contributed by atoms with E-state index in [0.717, 1.165) is 6.54 Å². The topological polar surface area (TPSA) is 55.6 Å². The van der Waals surface area contributed by atoms with Crippen molar-refractivity contribution in [3.63, 3.8) is 0 Å². The fourth-order valence-corrected chi connectivity index (χ4v) is 2.05. The number of nitrogens with zero attached hydrogens (tertiary/aromatic N) is 4. The summed E-state index contributed by atoms with van der Waals surface area (Å²) in [5, 5.41) is 15.0. The van der Waals surface area contributed by atoms with Gasteiger partial charge in [0.2, 0.25) is 0 Å². The van der Waals surface area contributed by atoms with Gasteiger partial charge in [0.25, 0.3) is 0 Å². The van der Waals surface area contributed by atoms with Crippen LogP contribution >= 0.6 is 0 Å². The highest BCUT2D eigenvalue weighted by Gasteiger charge is 2.17. The Labute approximate surface area is 118 Å². The second kappa shape index (κ2) is 6.56. The Morgan fingerprint density at radius 3 is 2.70 bits per heavy atom. The molecular weight excluding hydrogens is 257 g/mol. The third-order valence-electron chi connectivity index (χ3n) is 3.12. The van der Waals surface area contributed by atoms with E-state index in [-0.39, 0.29) is 11.9 Å². The summed E-state index contributed by atoms with van der Waals surface area (Å²) in [6, 6.07) is 6.47. The lowest BCUT2D eigenvalue weighted by molar-refractivity contribution is 0.472. The molecule has 1 atom stereocenters. The summed E-state index contributed by atoms with van der Waals surface area (Å²) in [4.78, 5) is 0. The van der Waals surface area contributed by atoms with Crippen LogP contribution in [0.15, 0.2) is 24.3 Å². The Kier molecular flexibility index (Phi) is 4.79. The Bertz CT molecular complexity index is 552. The van der Waals surface area contributed by atoms with Crippen molar-refractivity contribution in [2.75, 3.05) is 6.54 Å². The largest absolute Gasteiger partial charge is 0.310 e. The molecule has 0 aliphatic rings. The van der Waals surface area contributed by atoms with Gasteiger partial charge in [0.1, 0.15) is 5.82 Å². The molecule has 1 N–H and O–H groups in total. The van der Waals surface area contributed by atoms with Crippen LogP contribution in [0.5, 0.6) is 0 Å². The highest BCUT2D eigenvalue weighted by Crippen LogP contribution is 2.20. The summed E-state index contributed by atoms with van der Waals surface area (Å²) in [5.74, 6) is 1.03. The van der Waals surface area contributed by atoms with Crippen LogP contribution in [0.25, 0.3) is 0 Å². The minimum Gasteiger partial charge on any atom is -0.310 e. The maximum Gasteiger partial charge on any atom is 0.165 e. The molecule has 1 heterocycles. The van der Waals surface area contributed by atoms with Crippen molar-refractivity contribution in [2.45, 2.75) is 33.4 Å². The van der Waals surface area contributed by atoms with Crippen molar-refractivity contribution in [3.05, 3.63) is 41.5 Å². The molecule has 1 unspecified atom stereocenters. The van der Waals surface area contributed by atoms with Crippen LogP contribution in [0, 0.1) is 11.7 Å². The lowest BCUT2D eigenvalue weighted by Crippen LogP contribution is -2.23. The predicted molar refractivity (Wildman–Crippen MR) is 74.6 cm³/mol. The molecule has 6 heteroatoms. The fraction of sp³-hybridized carbons (Fsp3) is 0.500. The van der Waals surface area contributed by atoms with E-state index in [1.165, 1.54) is 6.07 Å². The van der Waals surface area contributed by atoms with Crippen LogP contribution in [-0.4, -0.2) is 26.8 Å². The maximum atomic E-state index is 13.8. The first kappa shape index (κ1) is 14.6. The molecule has 0 aliphatic carbocycles. The van der Waals surface area contributed by atoms with Gasteiger partial charge in [0.05, 0.1) is 12.6 Å². The van der Waals surface area contributed by atoms with E-state index in [0.29, 0.717) is 23.9 Å². The maximum absolute atomic E-state index is 13.8. The van der Waals surface area contributed by atoms with Crippen molar-refractivity contribution in [1.29, 1.82) is 0 Å². The number of tetrazole rings is 1. The van der Waals surface area contributed by atoms with E-state index in [4.69, 9.17) is 0 Å². The summed E-state index contributed by atoms with van der Waals surface area (Å²) in [6.07, 6.45) is 0. The predicted octanol–water partition coefficient (Wildman–Crippen LogP) is 2.17. The van der Waals surface area contributed by atoms with Gasteiger partial charge in [0.15, 0.2) is 5.82 Å². The number of hydrogen-bond acceptors (Lipinski definition) is 4. The summed E-state index contributed by atoms with van der Waals surface area (Å²) < 4.78 is 15.5. The standard InChI is InChI=1S/C14H20FN5/c1-10(2)8-16-9-14-17-18-19-20(14)11(3)12-6-4-5-7-13(12)15/h4-7,10-11,16H,8-9H2,1-3H3.